The molecule has 0 aliphatic carbocycles. The van der Waals surface area contributed by atoms with Crippen molar-refractivity contribution in [3.8, 4) is 0 Å². The zero-order valence-electron chi connectivity index (χ0n) is 16.4. The molecule has 0 bridgehead atoms. The third-order valence-electron chi connectivity index (χ3n) is 4.75. The molecule has 30 heavy (non-hydrogen) atoms. The van der Waals surface area contributed by atoms with Gasteiger partial charge in [0.05, 0.1) is 11.2 Å². The van der Waals surface area contributed by atoms with E-state index in [0.717, 1.165) is 6.42 Å². The van der Waals surface area contributed by atoms with Crippen molar-refractivity contribution in [3.63, 3.8) is 0 Å². The van der Waals surface area contributed by atoms with E-state index < -0.39 is 5.82 Å². The van der Waals surface area contributed by atoms with Crippen molar-refractivity contribution in [2.75, 3.05) is 37.4 Å². The number of carbonyl (C=O) groups excluding carboxylic acids is 1. The Morgan fingerprint density at radius 1 is 1.30 bits per heavy atom. The third-order valence-corrected chi connectivity index (χ3v) is 5.04. The lowest BCUT2D eigenvalue weighted by Gasteiger charge is -2.19. The summed E-state index contributed by atoms with van der Waals surface area (Å²) in [6.45, 7) is 1.32. The van der Waals surface area contributed by atoms with Gasteiger partial charge in [0.2, 0.25) is 5.95 Å². The Labute approximate surface area is 177 Å². The highest BCUT2D eigenvalue weighted by Gasteiger charge is 2.26. The normalized spacial score (nSPS) is 16.0. The summed E-state index contributed by atoms with van der Waals surface area (Å²) in [4.78, 5) is 32.9. The van der Waals surface area contributed by atoms with Crippen molar-refractivity contribution in [2.24, 2.45) is 0 Å². The Hall–Kier alpha value is -3.27. The number of fused-ring (bicyclic) bond motifs is 1. The van der Waals surface area contributed by atoms with Crippen LogP contribution in [-0.4, -0.2) is 64.1 Å². The number of hydrogen-bond donors (Lipinski definition) is 2. The number of halogens is 2. The van der Waals surface area contributed by atoms with Gasteiger partial charge >= 0.3 is 6.03 Å². The molecule has 3 heterocycles. The molecule has 1 fully saturated rings. The Morgan fingerprint density at radius 2 is 2.13 bits per heavy atom. The Bertz CT molecular complexity index is 1100. The molecule has 11 heteroatoms. The van der Waals surface area contributed by atoms with Gasteiger partial charge in [-0.3, -0.25) is 0 Å². The standard InChI is InChI=1S/C19H20ClFN8O/c1-28(2)19(30)26-12-5-6-29(9-12)18-22-8-15-16(27-18)17(24-10-23-15)25-11-3-4-14(21)13(20)7-11/h3-4,7-8,10,12H,5-6,9H2,1-2H3,(H,26,30)(H,23,24,25). The fraction of sp³-hybridized carbons (Fsp3) is 0.316. The van der Waals surface area contributed by atoms with Crippen molar-refractivity contribution in [1.29, 1.82) is 0 Å². The average molecular weight is 431 g/mol. The summed E-state index contributed by atoms with van der Waals surface area (Å²) in [6.07, 6.45) is 3.83. The van der Waals surface area contributed by atoms with Crippen LogP contribution in [0.4, 0.5) is 26.6 Å². The topological polar surface area (TPSA) is 99.2 Å². The van der Waals surface area contributed by atoms with Gasteiger partial charge in [-0.2, -0.15) is 0 Å². The van der Waals surface area contributed by atoms with Crippen molar-refractivity contribution in [1.82, 2.24) is 30.2 Å². The number of hydrogen-bond acceptors (Lipinski definition) is 7. The number of rotatable bonds is 4. The molecule has 2 aromatic heterocycles. The van der Waals surface area contributed by atoms with Crippen LogP contribution in [-0.2, 0) is 0 Å². The molecule has 1 atom stereocenters. The lowest BCUT2D eigenvalue weighted by atomic mass is 10.3. The van der Waals surface area contributed by atoms with E-state index in [1.54, 1.807) is 26.4 Å². The molecular weight excluding hydrogens is 411 g/mol. The summed E-state index contributed by atoms with van der Waals surface area (Å²) in [5.74, 6) is 0.492. The molecule has 4 rings (SSSR count). The van der Waals surface area contributed by atoms with Crippen molar-refractivity contribution in [2.45, 2.75) is 12.5 Å². The summed E-state index contributed by atoms with van der Waals surface area (Å²) < 4.78 is 13.4. The average Bonchev–Trinajstić information content (AvgIpc) is 3.19. The van der Waals surface area contributed by atoms with E-state index in [9.17, 15) is 9.18 Å². The molecule has 0 radical (unpaired) electrons. The smallest absolute Gasteiger partial charge is 0.317 e. The number of urea groups is 1. The summed E-state index contributed by atoms with van der Waals surface area (Å²) in [7, 11) is 3.41. The number of carbonyl (C=O) groups is 1. The van der Waals surface area contributed by atoms with E-state index >= 15 is 0 Å². The Kier molecular flexibility index (Phi) is 5.49. The first kappa shape index (κ1) is 20.0. The van der Waals surface area contributed by atoms with Crippen LogP contribution in [0, 0.1) is 5.82 Å². The van der Waals surface area contributed by atoms with Crippen LogP contribution in [0.1, 0.15) is 6.42 Å². The number of nitrogens with zero attached hydrogens (tertiary/aromatic N) is 6. The van der Waals surface area contributed by atoms with E-state index in [2.05, 4.69) is 30.6 Å². The van der Waals surface area contributed by atoms with Crippen molar-refractivity contribution >= 4 is 46.1 Å². The Balaban J connectivity index is 1.57. The molecular formula is C19H20ClFN8O. The van der Waals surface area contributed by atoms with Gasteiger partial charge in [-0.1, -0.05) is 11.6 Å². The van der Waals surface area contributed by atoms with Crippen LogP contribution < -0.4 is 15.5 Å². The lowest BCUT2D eigenvalue weighted by Crippen LogP contribution is -2.42. The molecule has 1 saturated heterocycles. The summed E-state index contributed by atoms with van der Waals surface area (Å²) in [6, 6.07) is 4.21. The predicted molar refractivity (Wildman–Crippen MR) is 113 cm³/mol. The second-order valence-electron chi connectivity index (χ2n) is 7.16. The van der Waals surface area contributed by atoms with Gasteiger partial charge < -0.3 is 20.4 Å². The highest BCUT2D eigenvalue weighted by atomic mass is 35.5. The number of benzene rings is 1. The minimum atomic E-state index is -0.496. The van der Waals surface area contributed by atoms with Gasteiger partial charge in [0.1, 0.15) is 23.2 Å². The number of aromatic nitrogens is 4. The first-order valence-electron chi connectivity index (χ1n) is 9.33. The largest absolute Gasteiger partial charge is 0.339 e. The number of anilines is 3. The zero-order valence-corrected chi connectivity index (χ0v) is 17.2. The number of nitrogens with one attached hydrogen (secondary N) is 2. The molecule has 156 valence electrons. The first-order chi connectivity index (χ1) is 14.4. The molecule has 2 N–H and O–H groups in total. The van der Waals surface area contributed by atoms with Crippen LogP contribution in [0.25, 0.3) is 11.0 Å². The van der Waals surface area contributed by atoms with E-state index in [0.29, 0.717) is 41.6 Å². The molecule has 0 saturated carbocycles. The first-order valence-corrected chi connectivity index (χ1v) is 9.71. The van der Waals surface area contributed by atoms with Gasteiger partial charge in [0, 0.05) is 38.9 Å². The lowest BCUT2D eigenvalue weighted by molar-refractivity contribution is 0.214. The van der Waals surface area contributed by atoms with Crippen LogP contribution in [0.2, 0.25) is 5.02 Å². The van der Waals surface area contributed by atoms with E-state index in [1.807, 2.05) is 4.90 Å². The minimum Gasteiger partial charge on any atom is -0.339 e. The molecule has 1 aliphatic heterocycles. The molecule has 9 nitrogen and oxygen atoms in total. The highest BCUT2D eigenvalue weighted by molar-refractivity contribution is 6.31. The highest BCUT2D eigenvalue weighted by Crippen LogP contribution is 2.26. The third kappa shape index (κ3) is 4.18. The maximum absolute atomic E-state index is 13.4. The van der Waals surface area contributed by atoms with Crippen LogP contribution in [0.3, 0.4) is 0 Å². The second-order valence-corrected chi connectivity index (χ2v) is 7.56. The molecule has 2 amide bonds. The van der Waals surface area contributed by atoms with Gasteiger partial charge in [-0.15, -0.1) is 0 Å². The maximum atomic E-state index is 13.4. The van der Waals surface area contributed by atoms with Crippen molar-refractivity contribution in [3.05, 3.63) is 41.6 Å². The molecule has 1 unspecified atom stereocenters. The van der Waals surface area contributed by atoms with E-state index in [4.69, 9.17) is 11.6 Å². The van der Waals surface area contributed by atoms with Crippen LogP contribution in [0.15, 0.2) is 30.7 Å². The monoisotopic (exact) mass is 430 g/mol. The molecule has 1 aliphatic rings. The van der Waals surface area contributed by atoms with Crippen LogP contribution in [0.5, 0.6) is 0 Å². The summed E-state index contributed by atoms with van der Waals surface area (Å²) in [5.41, 5.74) is 1.68. The SMILES string of the molecule is CN(C)C(=O)NC1CCN(c2ncc3ncnc(Nc4ccc(F)c(Cl)c4)c3n2)C1. The van der Waals surface area contributed by atoms with E-state index in [-0.39, 0.29) is 17.1 Å². The van der Waals surface area contributed by atoms with Crippen LogP contribution >= 0.6 is 11.6 Å². The summed E-state index contributed by atoms with van der Waals surface area (Å²) in [5, 5.41) is 6.10. The van der Waals surface area contributed by atoms with Gasteiger partial charge in [-0.05, 0) is 24.6 Å². The molecule has 1 aromatic carbocycles. The van der Waals surface area contributed by atoms with Gasteiger partial charge in [0.15, 0.2) is 5.82 Å². The van der Waals surface area contributed by atoms with Gasteiger partial charge in [-0.25, -0.2) is 29.1 Å². The van der Waals surface area contributed by atoms with Crippen molar-refractivity contribution < 1.29 is 9.18 Å². The summed E-state index contributed by atoms with van der Waals surface area (Å²) >= 11 is 5.87. The number of amides is 2. The quantitative estimate of drug-likeness (QED) is 0.656. The minimum absolute atomic E-state index is 0.0107. The maximum Gasteiger partial charge on any atom is 0.317 e. The van der Waals surface area contributed by atoms with Gasteiger partial charge in [0.25, 0.3) is 0 Å². The molecule has 3 aromatic rings. The second kappa shape index (κ2) is 8.23. The fourth-order valence-electron chi connectivity index (χ4n) is 3.16. The predicted octanol–water partition coefficient (Wildman–Crippen LogP) is 2.81. The Morgan fingerprint density at radius 3 is 2.90 bits per heavy atom. The zero-order chi connectivity index (χ0) is 21.3. The fourth-order valence-corrected chi connectivity index (χ4v) is 3.34. The molecule has 0 spiro atoms. The van der Waals surface area contributed by atoms with E-state index in [1.165, 1.54) is 23.4 Å².